The van der Waals surface area contributed by atoms with E-state index in [9.17, 15) is 4.79 Å². The van der Waals surface area contributed by atoms with Gasteiger partial charge in [0.25, 0.3) is 5.91 Å². The van der Waals surface area contributed by atoms with Crippen LogP contribution in [0.1, 0.15) is 21.5 Å². The summed E-state index contributed by atoms with van der Waals surface area (Å²) in [4.78, 5) is 17.0. The summed E-state index contributed by atoms with van der Waals surface area (Å²) < 4.78 is 0. The van der Waals surface area contributed by atoms with Crippen LogP contribution in [0.5, 0.6) is 0 Å². The molecule has 5 aromatic carbocycles. The van der Waals surface area contributed by atoms with Crippen LogP contribution >= 0.6 is 0 Å². The number of benzene rings is 5. The lowest BCUT2D eigenvalue weighted by Gasteiger charge is -2.01. The first-order valence-corrected chi connectivity index (χ1v) is 12.8. The maximum atomic E-state index is 12.5. The number of azo groups is 2. The Hall–Kier alpha value is -5.89. The Bertz CT molecular complexity index is 1680. The van der Waals surface area contributed by atoms with Crippen molar-refractivity contribution >= 4 is 46.8 Å². The number of hydrogen-bond donors (Lipinski definition) is 1. The minimum Gasteiger partial charge on any atom is -0.267 e. The van der Waals surface area contributed by atoms with Crippen LogP contribution in [0.15, 0.2) is 164 Å². The summed E-state index contributed by atoms with van der Waals surface area (Å²) in [5.41, 5.74) is 8.56. The molecule has 0 aromatic heterocycles. The molecule has 0 aliphatic heterocycles. The molecule has 0 spiro atoms. The molecule has 0 fully saturated rings. The first kappa shape index (κ1) is 26.7. The number of carbonyl (C=O) groups is 1. The molecule has 41 heavy (non-hydrogen) atoms. The Kier molecular flexibility index (Phi) is 8.97. The monoisotopic (exact) mass is 535 g/mol. The molecule has 0 aliphatic rings. The number of nitrogens with zero attached hydrogens (tertiary/aromatic N) is 6. The van der Waals surface area contributed by atoms with Crippen molar-refractivity contribution in [3.8, 4) is 0 Å². The van der Waals surface area contributed by atoms with E-state index in [1.165, 1.54) is 0 Å². The second-order valence-corrected chi connectivity index (χ2v) is 8.76. The summed E-state index contributed by atoms with van der Waals surface area (Å²) in [5, 5.41) is 20.9. The average Bonchev–Trinajstić information content (AvgIpc) is 3.04. The number of nitrogens with one attached hydrogen (secondary N) is 1. The summed E-state index contributed by atoms with van der Waals surface area (Å²) in [7, 11) is 0. The fraction of sp³-hybridized carbons (Fsp3) is 0. The van der Waals surface area contributed by atoms with Crippen LogP contribution in [0.4, 0.5) is 28.4 Å². The highest BCUT2D eigenvalue weighted by Crippen LogP contribution is 2.20. The van der Waals surface area contributed by atoms with Crippen molar-refractivity contribution in [2.45, 2.75) is 0 Å². The molecule has 8 nitrogen and oxygen atoms in total. The van der Waals surface area contributed by atoms with Crippen LogP contribution in [0.2, 0.25) is 0 Å². The minimum absolute atomic E-state index is 0.315. The number of amides is 1. The van der Waals surface area contributed by atoms with E-state index >= 15 is 0 Å². The molecule has 0 radical (unpaired) electrons. The highest BCUT2D eigenvalue weighted by molar-refractivity contribution is 5.95. The number of carbonyl (C=O) groups excluding carboxylic acids is 1. The van der Waals surface area contributed by atoms with E-state index in [-0.39, 0.29) is 5.91 Å². The third kappa shape index (κ3) is 8.30. The fourth-order valence-corrected chi connectivity index (χ4v) is 3.55. The Morgan fingerprint density at radius 2 is 0.878 bits per heavy atom. The maximum Gasteiger partial charge on any atom is 0.271 e. The average molecular weight is 536 g/mol. The number of hydrogen-bond acceptors (Lipinski definition) is 7. The van der Waals surface area contributed by atoms with Gasteiger partial charge in [-0.25, -0.2) is 5.43 Å². The summed E-state index contributed by atoms with van der Waals surface area (Å²) in [6.07, 6.45) is 3.33. The van der Waals surface area contributed by atoms with Crippen molar-refractivity contribution in [2.75, 3.05) is 0 Å². The van der Waals surface area contributed by atoms with E-state index in [1.54, 1.807) is 36.7 Å². The summed E-state index contributed by atoms with van der Waals surface area (Å²) in [6.45, 7) is 0. The summed E-state index contributed by atoms with van der Waals surface area (Å²) >= 11 is 0. The third-order valence-electron chi connectivity index (χ3n) is 5.73. The van der Waals surface area contributed by atoms with Crippen LogP contribution in [0, 0.1) is 0 Å². The maximum absolute atomic E-state index is 12.5. The molecular weight excluding hydrogens is 510 g/mol. The van der Waals surface area contributed by atoms with E-state index in [1.807, 2.05) is 109 Å². The van der Waals surface area contributed by atoms with Gasteiger partial charge in [0.05, 0.1) is 34.7 Å². The van der Waals surface area contributed by atoms with Gasteiger partial charge in [-0.15, -0.1) is 0 Å². The molecule has 0 bridgehead atoms. The van der Waals surface area contributed by atoms with Gasteiger partial charge in [-0.2, -0.15) is 25.6 Å². The molecule has 198 valence electrons. The highest BCUT2D eigenvalue weighted by Gasteiger charge is 2.03. The number of rotatable bonds is 9. The van der Waals surface area contributed by atoms with Gasteiger partial charge in [0.2, 0.25) is 0 Å². The first-order chi connectivity index (χ1) is 20.2. The third-order valence-corrected chi connectivity index (χ3v) is 5.73. The smallest absolute Gasteiger partial charge is 0.267 e. The molecule has 0 saturated heterocycles. The minimum atomic E-state index is -0.315. The Balaban J connectivity index is 1.10. The lowest BCUT2D eigenvalue weighted by atomic mass is 10.2. The number of aliphatic imine (C=N–C) groups is 1. The zero-order chi connectivity index (χ0) is 28.1. The molecule has 5 rings (SSSR count). The predicted octanol–water partition coefficient (Wildman–Crippen LogP) is 9.03. The molecule has 0 heterocycles. The van der Waals surface area contributed by atoms with E-state index in [0.717, 1.165) is 39.6 Å². The van der Waals surface area contributed by atoms with E-state index in [2.05, 4.69) is 36.0 Å². The van der Waals surface area contributed by atoms with Crippen molar-refractivity contribution < 1.29 is 4.79 Å². The first-order valence-electron chi connectivity index (χ1n) is 12.8. The lowest BCUT2D eigenvalue weighted by Crippen LogP contribution is -2.17. The second-order valence-electron chi connectivity index (χ2n) is 8.76. The molecule has 0 unspecified atom stereocenters. The zero-order valence-corrected chi connectivity index (χ0v) is 21.9. The Labute approximate surface area is 237 Å². The molecule has 8 heteroatoms. The standard InChI is InChI=1S/C33H25N7O/c41-33(40-35-24-26-13-19-32(20-14-26)39-37-30-9-5-2-6-10-30)27-15-21-28(22-16-27)34-23-25-11-17-31(18-12-25)38-36-29-7-3-1-4-8-29/h1-24H,(H,40,41)/b34-23?,35-24+,38-36?,39-37?. The Morgan fingerprint density at radius 1 is 0.463 bits per heavy atom. The lowest BCUT2D eigenvalue weighted by molar-refractivity contribution is 0.0955. The van der Waals surface area contributed by atoms with Gasteiger partial charge in [-0.1, -0.05) is 60.7 Å². The molecule has 0 saturated carbocycles. The molecule has 0 atom stereocenters. The van der Waals surface area contributed by atoms with Gasteiger partial charge in [-0.05, 0) is 83.9 Å². The van der Waals surface area contributed by atoms with Crippen LogP contribution in [-0.4, -0.2) is 18.3 Å². The van der Waals surface area contributed by atoms with Crippen LogP contribution < -0.4 is 5.43 Å². The normalized spacial score (nSPS) is 11.6. The number of hydrazone groups is 1. The SMILES string of the molecule is O=C(N/N=C/c1ccc(N=Nc2ccccc2)cc1)c1ccc(N=Cc2ccc(N=Nc3ccccc3)cc2)cc1. The summed E-state index contributed by atoms with van der Waals surface area (Å²) in [5.74, 6) is -0.315. The van der Waals surface area contributed by atoms with E-state index in [0.29, 0.717) is 5.56 Å². The van der Waals surface area contributed by atoms with Gasteiger partial charge in [0, 0.05) is 11.8 Å². The van der Waals surface area contributed by atoms with Crippen LogP contribution in [0.25, 0.3) is 0 Å². The molecule has 0 aliphatic carbocycles. The highest BCUT2D eigenvalue weighted by atomic mass is 16.2. The molecule has 1 N–H and O–H groups in total. The summed E-state index contributed by atoms with van der Waals surface area (Å²) in [6, 6.07) is 41.0. The van der Waals surface area contributed by atoms with Crippen molar-refractivity contribution in [3.05, 3.63) is 150 Å². The van der Waals surface area contributed by atoms with Crippen LogP contribution in [-0.2, 0) is 0 Å². The van der Waals surface area contributed by atoms with Crippen molar-refractivity contribution in [1.82, 2.24) is 5.43 Å². The van der Waals surface area contributed by atoms with Crippen molar-refractivity contribution in [3.63, 3.8) is 0 Å². The fourth-order valence-electron chi connectivity index (χ4n) is 3.55. The van der Waals surface area contributed by atoms with Crippen molar-refractivity contribution in [1.29, 1.82) is 0 Å². The zero-order valence-electron chi connectivity index (χ0n) is 21.9. The van der Waals surface area contributed by atoms with E-state index < -0.39 is 0 Å². The Morgan fingerprint density at radius 3 is 1.37 bits per heavy atom. The molecule has 5 aromatic rings. The second kappa shape index (κ2) is 13.8. The van der Waals surface area contributed by atoms with E-state index in [4.69, 9.17) is 0 Å². The quantitative estimate of drug-likeness (QED) is 0.114. The van der Waals surface area contributed by atoms with Gasteiger partial charge in [0.15, 0.2) is 0 Å². The van der Waals surface area contributed by atoms with Crippen LogP contribution in [0.3, 0.4) is 0 Å². The van der Waals surface area contributed by atoms with Gasteiger partial charge >= 0.3 is 0 Å². The van der Waals surface area contributed by atoms with Gasteiger partial charge in [0.1, 0.15) is 0 Å². The van der Waals surface area contributed by atoms with Crippen molar-refractivity contribution in [2.24, 2.45) is 30.6 Å². The molecule has 1 amide bonds. The van der Waals surface area contributed by atoms with Gasteiger partial charge < -0.3 is 0 Å². The largest absolute Gasteiger partial charge is 0.271 e. The van der Waals surface area contributed by atoms with Gasteiger partial charge in [-0.3, -0.25) is 9.79 Å². The topological polar surface area (TPSA) is 103 Å². The predicted molar refractivity (Wildman–Crippen MR) is 163 cm³/mol. The molecular formula is C33H25N7O.